The van der Waals surface area contributed by atoms with Crippen LogP contribution in [0.15, 0.2) is 12.3 Å². The van der Waals surface area contributed by atoms with Gasteiger partial charge in [-0.25, -0.2) is 4.39 Å². The molecule has 0 fully saturated rings. The second-order valence-electron chi connectivity index (χ2n) is 2.37. The Labute approximate surface area is 69.4 Å². The molecule has 0 spiro atoms. The Bertz CT molecular complexity index is 312. The van der Waals surface area contributed by atoms with E-state index in [9.17, 15) is 9.18 Å². The molecule has 1 heterocycles. The molecule has 0 bridgehead atoms. The number of pyridine rings is 1. The van der Waals surface area contributed by atoms with Gasteiger partial charge in [-0.1, -0.05) is 6.92 Å². The molecule has 0 radical (unpaired) electrons. The minimum absolute atomic E-state index is 0.0955. The fourth-order valence-electron chi connectivity index (χ4n) is 0.864. The van der Waals surface area contributed by atoms with Crippen molar-refractivity contribution in [1.29, 1.82) is 0 Å². The summed E-state index contributed by atoms with van der Waals surface area (Å²) < 4.78 is 12.8. The van der Waals surface area contributed by atoms with Gasteiger partial charge >= 0.3 is 0 Å². The molecular formula is C8H9FN2O. The molecular weight excluding hydrogens is 159 g/mol. The fraction of sp³-hybridized carbons (Fsp3) is 0.250. The number of aromatic nitrogens is 1. The summed E-state index contributed by atoms with van der Waals surface area (Å²) in [6.07, 6.45) is 1.67. The smallest absolute Gasteiger partial charge is 0.251 e. The van der Waals surface area contributed by atoms with E-state index in [0.29, 0.717) is 12.1 Å². The zero-order valence-corrected chi connectivity index (χ0v) is 6.67. The maximum atomic E-state index is 12.8. The molecule has 64 valence electrons. The molecule has 1 rings (SSSR count). The van der Waals surface area contributed by atoms with Crippen molar-refractivity contribution in [2.24, 2.45) is 5.73 Å². The molecule has 1 amide bonds. The molecule has 12 heavy (non-hydrogen) atoms. The highest BCUT2D eigenvalue weighted by Crippen LogP contribution is 2.07. The number of halogens is 1. The largest absolute Gasteiger partial charge is 0.366 e. The molecule has 1 aromatic heterocycles. The number of nitrogens with zero attached hydrogens (tertiary/aromatic N) is 1. The Balaban J connectivity index is 3.17. The maximum absolute atomic E-state index is 12.8. The van der Waals surface area contributed by atoms with Gasteiger partial charge < -0.3 is 5.73 Å². The molecule has 0 aliphatic rings. The number of hydrogen-bond acceptors (Lipinski definition) is 2. The summed E-state index contributed by atoms with van der Waals surface area (Å²) in [6, 6.07) is 1.37. The van der Waals surface area contributed by atoms with Gasteiger partial charge in [0.15, 0.2) is 5.82 Å². The predicted octanol–water partition coefficient (Wildman–Crippen LogP) is 0.882. The molecule has 3 nitrogen and oxygen atoms in total. The average molecular weight is 168 g/mol. The first-order valence-electron chi connectivity index (χ1n) is 3.59. The normalized spacial score (nSPS) is 9.83. The Kier molecular flexibility index (Phi) is 2.38. The van der Waals surface area contributed by atoms with Gasteiger partial charge in [-0.3, -0.25) is 9.78 Å². The van der Waals surface area contributed by atoms with Crippen LogP contribution in [-0.2, 0) is 6.42 Å². The number of aryl methyl sites for hydroxylation is 1. The number of carbonyl (C=O) groups excluding carboxylic acids is 1. The van der Waals surface area contributed by atoms with Gasteiger partial charge in [0.2, 0.25) is 0 Å². The Hall–Kier alpha value is -1.45. The number of hydrogen-bond donors (Lipinski definition) is 1. The molecule has 0 saturated heterocycles. The predicted molar refractivity (Wildman–Crippen MR) is 42.1 cm³/mol. The number of amides is 1. The molecule has 0 aromatic carbocycles. The molecule has 1 aromatic rings. The van der Waals surface area contributed by atoms with E-state index >= 15 is 0 Å². The van der Waals surface area contributed by atoms with Crippen molar-refractivity contribution < 1.29 is 9.18 Å². The maximum Gasteiger partial charge on any atom is 0.251 e. The van der Waals surface area contributed by atoms with Crippen LogP contribution in [-0.4, -0.2) is 10.9 Å². The SMILES string of the molecule is CCc1cc(C(N)=O)c(F)cn1. The first-order chi connectivity index (χ1) is 5.65. The minimum Gasteiger partial charge on any atom is -0.366 e. The zero-order valence-electron chi connectivity index (χ0n) is 6.67. The van der Waals surface area contributed by atoms with Gasteiger partial charge in [-0.05, 0) is 12.5 Å². The van der Waals surface area contributed by atoms with Crippen molar-refractivity contribution >= 4 is 5.91 Å². The molecule has 0 aliphatic heterocycles. The van der Waals surface area contributed by atoms with E-state index in [1.54, 1.807) is 0 Å². The summed E-state index contributed by atoms with van der Waals surface area (Å²) in [5.41, 5.74) is 5.49. The fourth-order valence-corrected chi connectivity index (χ4v) is 0.864. The van der Waals surface area contributed by atoms with E-state index in [2.05, 4.69) is 4.98 Å². The van der Waals surface area contributed by atoms with Gasteiger partial charge in [0.25, 0.3) is 5.91 Å². The number of primary amides is 1. The first kappa shape index (κ1) is 8.64. The Morgan fingerprint density at radius 2 is 2.42 bits per heavy atom. The molecule has 0 aliphatic carbocycles. The third-order valence-corrected chi connectivity index (χ3v) is 1.54. The summed E-state index contributed by atoms with van der Waals surface area (Å²) in [5, 5.41) is 0. The van der Waals surface area contributed by atoms with E-state index < -0.39 is 11.7 Å². The van der Waals surface area contributed by atoms with Crippen molar-refractivity contribution in [3.8, 4) is 0 Å². The molecule has 0 unspecified atom stereocenters. The summed E-state index contributed by atoms with van der Waals surface area (Å²) in [6.45, 7) is 1.87. The average Bonchev–Trinajstić information content (AvgIpc) is 2.05. The van der Waals surface area contributed by atoms with Crippen LogP contribution in [0, 0.1) is 5.82 Å². The lowest BCUT2D eigenvalue weighted by molar-refractivity contribution is 0.0996. The molecule has 2 N–H and O–H groups in total. The highest BCUT2D eigenvalue weighted by atomic mass is 19.1. The van der Waals surface area contributed by atoms with Crippen LogP contribution in [0.4, 0.5) is 4.39 Å². The summed E-state index contributed by atoms with van der Waals surface area (Å²) in [4.78, 5) is 14.4. The van der Waals surface area contributed by atoms with Crippen LogP contribution in [0.5, 0.6) is 0 Å². The minimum atomic E-state index is -0.760. The third kappa shape index (κ3) is 1.58. The van der Waals surface area contributed by atoms with Gasteiger partial charge in [-0.15, -0.1) is 0 Å². The highest BCUT2D eigenvalue weighted by molar-refractivity contribution is 5.93. The van der Waals surface area contributed by atoms with Gasteiger partial charge in [0, 0.05) is 5.69 Å². The van der Waals surface area contributed by atoms with Crippen LogP contribution in [0.2, 0.25) is 0 Å². The second kappa shape index (κ2) is 3.30. The van der Waals surface area contributed by atoms with E-state index in [1.165, 1.54) is 6.07 Å². The van der Waals surface area contributed by atoms with E-state index in [0.717, 1.165) is 6.20 Å². The van der Waals surface area contributed by atoms with Crippen molar-refractivity contribution in [2.75, 3.05) is 0 Å². The van der Waals surface area contributed by atoms with Crippen LogP contribution in [0.3, 0.4) is 0 Å². The van der Waals surface area contributed by atoms with Gasteiger partial charge in [-0.2, -0.15) is 0 Å². The topological polar surface area (TPSA) is 56.0 Å². The third-order valence-electron chi connectivity index (χ3n) is 1.54. The molecule has 0 atom stereocenters. The van der Waals surface area contributed by atoms with Crippen molar-refractivity contribution in [1.82, 2.24) is 4.98 Å². The number of carbonyl (C=O) groups is 1. The summed E-state index contributed by atoms with van der Waals surface area (Å²) >= 11 is 0. The van der Waals surface area contributed by atoms with Gasteiger partial charge in [0.1, 0.15) is 0 Å². The Morgan fingerprint density at radius 3 is 2.92 bits per heavy atom. The number of nitrogens with two attached hydrogens (primary N) is 1. The first-order valence-corrected chi connectivity index (χ1v) is 3.59. The quantitative estimate of drug-likeness (QED) is 0.712. The van der Waals surface area contributed by atoms with Crippen LogP contribution < -0.4 is 5.73 Å². The van der Waals surface area contributed by atoms with E-state index in [-0.39, 0.29) is 5.56 Å². The van der Waals surface area contributed by atoms with Crippen LogP contribution in [0.25, 0.3) is 0 Å². The van der Waals surface area contributed by atoms with Crippen molar-refractivity contribution in [2.45, 2.75) is 13.3 Å². The molecule has 4 heteroatoms. The lowest BCUT2D eigenvalue weighted by Gasteiger charge is -1.99. The standard InChI is InChI=1S/C8H9FN2O/c1-2-5-3-6(8(10)12)7(9)4-11-5/h3-4H,2H2,1H3,(H2,10,12). The van der Waals surface area contributed by atoms with Crippen LogP contribution in [0.1, 0.15) is 23.0 Å². The van der Waals surface area contributed by atoms with E-state index in [4.69, 9.17) is 5.73 Å². The van der Waals surface area contributed by atoms with Gasteiger partial charge in [0.05, 0.1) is 11.8 Å². The monoisotopic (exact) mass is 168 g/mol. The van der Waals surface area contributed by atoms with Crippen LogP contribution >= 0.6 is 0 Å². The van der Waals surface area contributed by atoms with E-state index in [1.807, 2.05) is 6.92 Å². The van der Waals surface area contributed by atoms with Crippen molar-refractivity contribution in [3.63, 3.8) is 0 Å². The molecule has 0 saturated carbocycles. The number of rotatable bonds is 2. The summed E-state index contributed by atoms with van der Waals surface area (Å²) in [5.74, 6) is -1.43. The lowest BCUT2D eigenvalue weighted by Crippen LogP contribution is -2.14. The lowest BCUT2D eigenvalue weighted by atomic mass is 10.2. The summed E-state index contributed by atoms with van der Waals surface area (Å²) in [7, 11) is 0. The second-order valence-corrected chi connectivity index (χ2v) is 2.37. The van der Waals surface area contributed by atoms with Crippen molar-refractivity contribution in [3.05, 3.63) is 29.3 Å². The highest BCUT2D eigenvalue weighted by Gasteiger charge is 2.08. The zero-order chi connectivity index (χ0) is 9.14. The Morgan fingerprint density at radius 1 is 1.75 bits per heavy atom.